The number of rotatable bonds is 3. The molecule has 1 aliphatic rings. The lowest BCUT2D eigenvalue weighted by Crippen LogP contribution is -2.20. The number of benzene rings is 1. The molecule has 0 radical (unpaired) electrons. The quantitative estimate of drug-likeness (QED) is 0.674. The van der Waals surface area contributed by atoms with E-state index in [1.807, 2.05) is 24.3 Å². The molecule has 19 heavy (non-hydrogen) atoms. The maximum absolute atomic E-state index is 10.8. The van der Waals surface area contributed by atoms with Gasteiger partial charge in [-0.1, -0.05) is 37.1 Å². The van der Waals surface area contributed by atoms with Crippen molar-refractivity contribution in [1.82, 2.24) is 9.97 Å². The van der Waals surface area contributed by atoms with Crippen molar-refractivity contribution in [2.75, 3.05) is 0 Å². The van der Waals surface area contributed by atoms with Crippen molar-refractivity contribution in [2.24, 2.45) is 4.99 Å². The molecule has 0 amide bonds. The minimum atomic E-state index is -0.412. The number of imidazole rings is 1. The lowest BCUT2D eigenvalue weighted by molar-refractivity contribution is 0.457. The molecule has 0 unspecified atom stereocenters. The van der Waals surface area contributed by atoms with Gasteiger partial charge < -0.3 is 4.98 Å². The van der Waals surface area contributed by atoms with E-state index >= 15 is 0 Å². The molecular weight excluding hydrogens is 238 g/mol. The largest absolute Gasteiger partial charge is 0.345 e. The van der Waals surface area contributed by atoms with Gasteiger partial charge in [-0.2, -0.15) is 4.99 Å². The fourth-order valence-electron chi connectivity index (χ4n) is 3.00. The van der Waals surface area contributed by atoms with Gasteiger partial charge in [0.15, 0.2) is 0 Å². The summed E-state index contributed by atoms with van der Waals surface area (Å²) in [7, 11) is 0. The highest BCUT2D eigenvalue weighted by Gasteiger charge is 2.37. The van der Waals surface area contributed by atoms with Crippen LogP contribution in [0.15, 0.2) is 41.7 Å². The Hall–Kier alpha value is -2.19. The first kappa shape index (κ1) is 11.9. The fraction of sp³-hybridized carbons (Fsp3) is 0.333. The van der Waals surface area contributed by atoms with Gasteiger partial charge in [0.25, 0.3) is 0 Å². The number of nitrogens with one attached hydrogen (secondary N) is 1. The van der Waals surface area contributed by atoms with Crippen molar-refractivity contribution in [2.45, 2.75) is 31.2 Å². The van der Waals surface area contributed by atoms with Crippen LogP contribution in [0.2, 0.25) is 0 Å². The van der Waals surface area contributed by atoms with Gasteiger partial charge in [-0.25, -0.2) is 9.78 Å². The number of carbonyl (C=O) groups excluding carboxylic acids is 1. The van der Waals surface area contributed by atoms with Gasteiger partial charge in [-0.15, -0.1) is 0 Å². The van der Waals surface area contributed by atoms with Crippen LogP contribution in [0.25, 0.3) is 11.4 Å². The Balaban J connectivity index is 2.17. The molecular formula is C15H15N3O. The lowest BCUT2D eigenvalue weighted by atomic mass is 9.85. The Kier molecular flexibility index (Phi) is 3.02. The zero-order valence-corrected chi connectivity index (χ0v) is 10.6. The second kappa shape index (κ2) is 4.82. The Bertz CT molecular complexity index is 606. The molecule has 4 heteroatoms. The molecule has 1 aromatic carbocycles. The third-order valence-electron chi connectivity index (χ3n) is 3.87. The lowest BCUT2D eigenvalue weighted by Gasteiger charge is -2.25. The fourth-order valence-corrected chi connectivity index (χ4v) is 3.00. The van der Waals surface area contributed by atoms with Crippen LogP contribution in [0.1, 0.15) is 31.2 Å². The molecule has 1 heterocycles. The maximum atomic E-state index is 10.8. The summed E-state index contributed by atoms with van der Waals surface area (Å²) in [6.45, 7) is 0. The van der Waals surface area contributed by atoms with Gasteiger partial charge in [0.05, 0.1) is 5.54 Å². The molecule has 0 bridgehead atoms. The molecule has 96 valence electrons. The Morgan fingerprint density at radius 1 is 1.26 bits per heavy atom. The van der Waals surface area contributed by atoms with Crippen LogP contribution >= 0.6 is 0 Å². The summed E-state index contributed by atoms with van der Waals surface area (Å²) < 4.78 is 0. The molecule has 1 aliphatic carbocycles. The van der Waals surface area contributed by atoms with Gasteiger partial charge in [-0.05, 0) is 18.4 Å². The number of aromatic nitrogens is 2. The Morgan fingerprint density at radius 2 is 2.05 bits per heavy atom. The third-order valence-corrected chi connectivity index (χ3v) is 3.87. The van der Waals surface area contributed by atoms with Gasteiger partial charge in [-0.3, -0.25) is 0 Å². The molecule has 1 N–H and O–H groups in total. The highest BCUT2D eigenvalue weighted by Crippen LogP contribution is 2.45. The van der Waals surface area contributed by atoms with Crippen LogP contribution in [0, 0.1) is 0 Å². The van der Waals surface area contributed by atoms with Crippen molar-refractivity contribution >= 4 is 6.08 Å². The summed E-state index contributed by atoms with van der Waals surface area (Å²) in [5, 5.41) is 0. The summed E-state index contributed by atoms with van der Waals surface area (Å²) in [6.07, 6.45) is 9.30. The van der Waals surface area contributed by atoms with Crippen molar-refractivity contribution < 1.29 is 4.79 Å². The van der Waals surface area contributed by atoms with Crippen molar-refractivity contribution in [3.05, 3.63) is 42.2 Å². The first-order chi connectivity index (χ1) is 9.36. The molecule has 0 spiro atoms. The maximum Gasteiger partial charge on any atom is 0.235 e. The predicted molar refractivity (Wildman–Crippen MR) is 72.3 cm³/mol. The van der Waals surface area contributed by atoms with E-state index in [9.17, 15) is 4.79 Å². The number of H-pyrrole nitrogens is 1. The molecule has 0 atom stereocenters. The number of hydrogen-bond donors (Lipinski definition) is 1. The van der Waals surface area contributed by atoms with Crippen molar-refractivity contribution in [1.29, 1.82) is 0 Å². The summed E-state index contributed by atoms with van der Waals surface area (Å²) >= 11 is 0. The first-order valence-corrected chi connectivity index (χ1v) is 6.54. The van der Waals surface area contributed by atoms with Crippen molar-refractivity contribution in [3.63, 3.8) is 0 Å². The Labute approximate surface area is 111 Å². The van der Waals surface area contributed by atoms with Crippen LogP contribution in [-0.2, 0) is 10.3 Å². The summed E-state index contributed by atoms with van der Waals surface area (Å²) in [6, 6.07) is 8.04. The Morgan fingerprint density at radius 3 is 2.74 bits per heavy atom. The monoisotopic (exact) mass is 253 g/mol. The first-order valence-electron chi connectivity index (χ1n) is 6.54. The second-order valence-corrected chi connectivity index (χ2v) is 4.93. The van der Waals surface area contributed by atoms with E-state index in [-0.39, 0.29) is 0 Å². The zero-order valence-electron chi connectivity index (χ0n) is 10.6. The van der Waals surface area contributed by atoms with Gasteiger partial charge in [0.2, 0.25) is 6.08 Å². The molecule has 0 saturated heterocycles. The predicted octanol–water partition coefficient (Wildman–Crippen LogP) is 3.18. The highest BCUT2D eigenvalue weighted by molar-refractivity contribution is 5.63. The van der Waals surface area contributed by atoms with E-state index in [0.29, 0.717) is 0 Å². The van der Waals surface area contributed by atoms with Crippen LogP contribution in [0.3, 0.4) is 0 Å². The van der Waals surface area contributed by atoms with Crippen LogP contribution < -0.4 is 0 Å². The molecule has 1 fully saturated rings. The summed E-state index contributed by atoms with van der Waals surface area (Å²) in [4.78, 5) is 22.4. The second-order valence-electron chi connectivity index (χ2n) is 4.93. The summed E-state index contributed by atoms with van der Waals surface area (Å²) in [5.41, 5.74) is 1.68. The molecule has 3 rings (SSSR count). The van der Waals surface area contributed by atoms with Gasteiger partial charge >= 0.3 is 0 Å². The number of hydrogen-bond acceptors (Lipinski definition) is 3. The molecule has 2 aromatic rings. The number of nitrogens with zero attached hydrogens (tertiary/aromatic N) is 2. The van der Waals surface area contributed by atoms with Crippen LogP contribution in [-0.4, -0.2) is 16.0 Å². The van der Waals surface area contributed by atoms with E-state index in [0.717, 1.165) is 42.6 Å². The normalized spacial score (nSPS) is 17.1. The third kappa shape index (κ3) is 2.00. The highest BCUT2D eigenvalue weighted by atomic mass is 16.1. The molecule has 1 saturated carbocycles. The van der Waals surface area contributed by atoms with E-state index in [4.69, 9.17) is 0 Å². The number of aliphatic imine (C=N–C) groups is 1. The average molecular weight is 253 g/mol. The number of aromatic amines is 1. The SMILES string of the molecule is O=C=NC1(c2ccccc2-c2ncc[nH]2)CCCC1. The van der Waals surface area contributed by atoms with Crippen LogP contribution in [0.4, 0.5) is 0 Å². The molecule has 4 nitrogen and oxygen atoms in total. The number of isocyanates is 1. The van der Waals surface area contributed by atoms with E-state index in [1.54, 1.807) is 18.5 Å². The minimum Gasteiger partial charge on any atom is -0.345 e. The van der Waals surface area contributed by atoms with E-state index < -0.39 is 5.54 Å². The molecule has 1 aromatic heterocycles. The topological polar surface area (TPSA) is 58.1 Å². The minimum absolute atomic E-state index is 0.412. The van der Waals surface area contributed by atoms with Crippen LogP contribution in [0.5, 0.6) is 0 Å². The van der Waals surface area contributed by atoms with E-state index in [2.05, 4.69) is 15.0 Å². The zero-order chi connectivity index (χ0) is 13.1. The van der Waals surface area contributed by atoms with Gasteiger partial charge in [0.1, 0.15) is 5.82 Å². The van der Waals surface area contributed by atoms with Crippen molar-refractivity contribution in [3.8, 4) is 11.4 Å². The van der Waals surface area contributed by atoms with Gasteiger partial charge in [0, 0.05) is 18.0 Å². The van der Waals surface area contributed by atoms with E-state index in [1.165, 1.54) is 0 Å². The molecule has 0 aliphatic heterocycles. The standard InChI is InChI=1S/C15H15N3O/c19-11-18-15(7-3-4-8-15)13-6-2-1-5-12(13)14-16-9-10-17-14/h1-2,5-6,9-10H,3-4,7-8H2,(H,16,17). The summed E-state index contributed by atoms with van der Waals surface area (Å²) in [5.74, 6) is 0.822. The average Bonchev–Trinajstić information content (AvgIpc) is 3.11. The smallest absolute Gasteiger partial charge is 0.235 e.